The molecule has 0 aliphatic carbocycles. The van der Waals surface area contributed by atoms with Gasteiger partial charge in [0.1, 0.15) is 23.6 Å². The van der Waals surface area contributed by atoms with Crippen LogP contribution in [0, 0.1) is 5.82 Å². The highest BCUT2D eigenvalue weighted by Crippen LogP contribution is 2.44. The number of fused-ring (bicyclic) bond motifs is 1. The topological polar surface area (TPSA) is 157 Å². The molecule has 0 unspecified atom stereocenters. The van der Waals surface area contributed by atoms with E-state index in [0.29, 0.717) is 10.7 Å². The van der Waals surface area contributed by atoms with Crippen LogP contribution in [0.25, 0.3) is 0 Å². The molecule has 194 valence electrons. The lowest BCUT2D eigenvalue weighted by Crippen LogP contribution is -2.48. The van der Waals surface area contributed by atoms with Gasteiger partial charge in [-0.2, -0.15) is 8.42 Å². The minimum Gasteiger partial charge on any atom is -0.506 e. The van der Waals surface area contributed by atoms with E-state index >= 15 is 4.39 Å². The Balaban J connectivity index is 1.98. The zero-order chi connectivity index (χ0) is 26.3. The smallest absolute Gasteiger partial charge is 0.412 e. The summed E-state index contributed by atoms with van der Waals surface area (Å²) in [6.07, 6.45) is -0.898. The van der Waals surface area contributed by atoms with Gasteiger partial charge in [0.2, 0.25) is 0 Å². The van der Waals surface area contributed by atoms with Crippen molar-refractivity contribution in [3.05, 3.63) is 17.4 Å². The normalized spacial score (nSPS) is 18.9. The van der Waals surface area contributed by atoms with Gasteiger partial charge in [0.25, 0.3) is 5.91 Å². The maximum absolute atomic E-state index is 15.6. The van der Waals surface area contributed by atoms with Gasteiger partial charge in [0.15, 0.2) is 5.82 Å². The van der Waals surface area contributed by atoms with E-state index in [2.05, 4.69) is 0 Å². The highest BCUT2D eigenvalue weighted by atomic mass is 32.2. The first-order chi connectivity index (χ1) is 16.2. The fourth-order valence-electron chi connectivity index (χ4n) is 4.06. The van der Waals surface area contributed by atoms with Gasteiger partial charge in [-0.1, -0.05) is 13.3 Å². The largest absolute Gasteiger partial charge is 0.506 e. The van der Waals surface area contributed by atoms with Crippen LogP contribution in [0.15, 0.2) is 6.07 Å². The predicted octanol–water partition coefficient (Wildman–Crippen LogP) is 2.16. The van der Waals surface area contributed by atoms with Crippen LogP contribution in [0.2, 0.25) is 0 Å². The van der Waals surface area contributed by atoms with Crippen LogP contribution in [0.3, 0.4) is 0 Å². The molecule has 0 spiro atoms. The number of carboxylic acid groups (broad SMARTS) is 1. The maximum atomic E-state index is 15.6. The minimum atomic E-state index is -4.42. The van der Waals surface area contributed by atoms with E-state index in [1.807, 2.05) is 6.92 Å². The third-order valence-corrected chi connectivity index (χ3v) is 6.88. The van der Waals surface area contributed by atoms with E-state index in [9.17, 15) is 33.0 Å². The number of aromatic hydroxyl groups is 1. The van der Waals surface area contributed by atoms with Crippen LogP contribution in [0.5, 0.6) is 5.75 Å². The average molecular weight is 517 g/mol. The lowest BCUT2D eigenvalue weighted by molar-refractivity contribution is -0.117. The molecule has 2 aliphatic heterocycles. The summed E-state index contributed by atoms with van der Waals surface area (Å²) >= 11 is 0. The van der Waals surface area contributed by atoms with Gasteiger partial charge in [-0.05, 0) is 27.2 Å². The van der Waals surface area contributed by atoms with Gasteiger partial charge in [-0.15, -0.1) is 0 Å². The summed E-state index contributed by atoms with van der Waals surface area (Å²) in [5, 5.41) is 20.3. The summed E-state index contributed by atoms with van der Waals surface area (Å²) in [5.41, 5.74) is -1.86. The Morgan fingerprint density at radius 2 is 2.00 bits per heavy atom. The molecule has 3 N–H and O–H groups in total. The number of hydrogen-bond donors (Lipinski definition) is 3. The molecule has 14 heteroatoms. The number of anilines is 2. The second kappa shape index (κ2) is 9.40. The highest BCUT2D eigenvalue weighted by molar-refractivity contribution is 7.92. The number of amides is 3. The van der Waals surface area contributed by atoms with Crippen LogP contribution in [0.1, 0.15) is 46.1 Å². The summed E-state index contributed by atoms with van der Waals surface area (Å²) < 4.78 is 47.5. The molecule has 3 amide bonds. The Morgan fingerprint density at radius 1 is 1.34 bits per heavy atom. The van der Waals surface area contributed by atoms with Gasteiger partial charge in [0, 0.05) is 31.1 Å². The number of unbranched alkanes of at least 4 members (excludes halogenated alkanes) is 1. The first-order valence-corrected chi connectivity index (χ1v) is 12.5. The zero-order valence-electron chi connectivity index (χ0n) is 19.9. The lowest BCUT2D eigenvalue weighted by atomic mass is 10.1. The monoisotopic (exact) mass is 516 g/mol. The first kappa shape index (κ1) is 26.3. The van der Waals surface area contributed by atoms with E-state index in [1.165, 1.54) is 4.90 Å². The van der Waals surface area contributed by atoms with Crippen molar-refractivity contribution in [1.82, 2.24) is 9.62 Å². The first-order valence-electron chi connectivity index (χ1n) is 11.0. The number of nitrogens with zero attached hydrogens (tertiary/aromatic N) is 3. The summed E-state index contributed by atoms with van der Waals surface area (Å²) in [6.45, 7) is 6.45. The standard InChI is InChI=1S/C21H29FN4O8S/c1-5-6-7-24(20(31)34-21(2,3)4)10-12-8-13-14(26(12)19(29)30)9-15(27)18(17(13)22)25-11-16(28)23-35(25,32)33/h9,12,27H,5-8,10-11H2,1-4H3,(H,23,28)(H,29,30)/t12-/m1/s1. The molecule has 0 aromatic heterocycles. The molecular formula is C21H29FN4O8S. The van der Waals surface area contributed by atoms with Gasteiger partial charge in [-0.3, -0.25) is 9.69 Å². The van der Waals surface area contributed by atoms with Crippen molar-refractivity contribution in [3.63, 3.8) is 0 Å². The molecule has 1 saturated heterocycles. The van der Waals surface area contributed by atoms with Gasteiger partial charge in [0.05, 0.1) is 11.7 Å². The van der Waals surface area contributed by atoms with E-state index in [4.69, 9.17) is 4.74 Å². The lowest BCUT2D eigenvalue weighted by Gasteiger charge is -2.31. The van der Waals surface area contributed by atoms with Crippen molar-refractivity contribution in [2.75, 3.05) is 28.8 Å². The highest BCUT2D eigenvalue weighted by Gasteiger charge is 2.43. The van der Waals surface area contributed by atoms with Crippen LogP contribution < -0.4 is 13.9 Å². The molecule has 1 aromatic rings. The number of hydrogen-bond acceptors (Lipinski definition) is 7. The third-order valence-electron chi connectivity index (χ3n) is 5.50. The Kier molecular flexibility index (Phi) is 7.07. The van der Waals surface area contributed by atoms with E-state index in [1.54, 1.807) is 25.5 Å². The summed E-state index contributed by atoms with van der Waals surface area (Å²) in [6, 6.07) is 0.0234. The Hall–Kier alpha value is -3.29. The molecule has 0 bridgehead atoms. The predicted molar refractivity (Wildman–Crippen MR) is 123 cm³/mol. The molecule has 12 nitrogen and oxygen atoms in total. The Labute approximate surface area is 202 Å². The third kappa shape index (κ3) is 5.36. The average Bonchev–Trinajstić information content (AvgIpc) is 3.19. The van der Waals surface area contributed by atoms with Crippen molar-refractivity contribution in [1.29, 1.82) is 0 Å². The van der Waals surface area contributed by atoms with E-state index in [-0.39, 0.29) is 30.8 Å². The van der Waals surface area contributed by atoms with Crippen LogP contribution in [-0.4, -0.2) is 72.9 Å². The molecule has 1 atom stereocenters. The van der Waals surface area contributed by atoms with Crippen molar-refractivity contribution < 1.29 is 42.1 Å². The number of carbonyl (C=O) groups is 3. The molecule has 1 aromatic carbocycles. The maximum Gasteiger partial charge on any atom is 0.412 e. The van der Waals surface area contributed by atoms with Crippen LogP contribution in [-0.2, 0) is 26.2 Å². The number of carbonyl (C=O) groups excluding carboxylic acids is 2. The Bertz CT molecular complexity index is 1150. The number of phenolic OH excluding ortho intramolecular Hbond substituents is 1. The minimum absolute atomic E-state index is 0.118. The quantitative estimate of drug-likeness (QED) is 0.519. The summed E-state index contributed by atoms with van der Waals surface area (Å²) in [5.74, 6) is -2.91. The fourth-order valence-corrected chi connectivity index (χ4v) is 5.22. The zero-order valence-corrected chi connectivity index (χ0v) is 20.7. The number of phenols is 1. The number of benzene rings is 1. The molecule has 0 saturated carbocycles. The Morgan fingerprint density at radius 3 is 2.51 bits per heavy atom. The second-order valence-corrected chi connectivity index (χ2v) is 11.0. The van der Waals surface area contributed by atoms with Crippen LogP contribution >= 0.6 is 0 Å². The number of rotatable bonds is 6. The van der Waals surface area contributed by atoms with E-state index < -0.39 is 63.7 Å². The van der Waals surface area contributed by atoms with Gasteiger partial charge < -0.3 is 19.8 Å². The molecule has 35 heavy (non-hydrogen) atoms. The molecule has 1 fully saturated rings. The summed E-state index contributed by atoms with van der Waals surface area (Å²) in [4.78, 5) is 38.7. The van der Waals surface area contributed by atoms with Crippen molar-refractivity contribution >= 4 is 39.7 Å². The van der Waals surface area contributed by atoms with Crippen molar-refractivity contribution in [2.24, 2.45) is 0 Å². The molecule has 0 radical (unpaired) electrons. The van der Waals surface area contributed by atoms with Gasteiger partial charge in [-0.25, -0.2) is 23.0 Å². The SMILES string of the molecule is CCCCN(C[C@H]1Cc2c(cc(O)c(N3CC(=O)NS3(=O)=O)c2F)N1C(=O)O)C(=O)OC(C)(C)C. The molecule has 2 aliphatic rings. The number of halogens is 1. The van der Waals surface area contributed by atoms with Gasteiger partial charge >= 0.3 is 22.4 Å². The van der Waals surface area contributed by atoms with Crippen molar-refractivity contribution in [3.8, 4) is 5.75 Å². The van der Waals surface area contributed by atoms with Crippen LogP contribution in [0.4, 0.5) is 25.4 Å². The molecular weight excluding hydrogens is 487 g/mol. The molecule has 3 rings (SSSR count). The second-order valence-electron chi connectivity index (χ2n) is 9.38. The number of ether oxygens (including phenoxy) is 1. The van der Waals surface area contributed by atoms with E-state index in [0.717, 1.165) is 17.4 Å². The summed E-state index contributed by atoms with van der Waals surface area (Å²) in [7, 11) is -4.42. The van der Waals surface area contributed by atoms with Crippen molar-refractivity contribution in [2.45, 2.75) is 58.6 Å². The number of nitrogens with one attached hydrogen (secondary N) is 1. The fraction of sp³-hybridized carbons (Fsp3) is 0.571. The molecule has 2 heterocycles.